The van der Waals surface area contributed by atoms with Crippen LogP contribution in [0.15, 0.2) is 23.1 Å². The van der Waals surface area contributed by atoms with E-state index in [0.717, 1.165) is 12.8 Å². The van der Waals surface area contributed by atoms with E-state index >= 15 is 0 Å². The quantitative estimate of drug-likeness (QED) is 0.680. The number of nitrogens with zero attached hydrogens (tertiary/aromatic N) is 1. The Kier molecular flexibility index (Phi) is 4.38. The monoisotopic (exact) mass is 312 g/mol. The van der Waals surface area contributed by atoms with Crippen LogP contribution in [0, 0.1) is 0 Å². The number of nitrogens with two attached hydrogens (primary N) is 2. The molecule has 0 spiro atoms. The first-order chi connectivity index (χ1) is 9.77. The van der Waals surface area contributed by atoms with Crippen molar-refractivity contribution in [3.05, 3.63) is 18.2 Å². The maximum atomic E-state index is 11.4. The smallest absolute Gasteiger partial charge is 0.238 e. The predicted molar refractivity (Wildman–Crippen MR) is 81.3 cm³/mol. The van der Waals surface area contributed by atoms with Crippen LogP contribution in [0.3, 0.4) is 0 Å². The Morgan fingerprint density at radius 2 is 1.95 bits per heavy atom. The zero-order valence-corrected chi connectivity index (χ0v) is 12.7. The SMILES string of the molecule is CC(=O)NC1CCN(c2cc(S(N)(=O)=O)ccc2N)CC1. The number of benzene rings is 1. The van der Waals surface area contributed by atoms with Gasteiger partial charge in [0.25, 0.3) is 0 Å². The Bertz CT molecular complexity index is 637. The van der Waals surface area contributed by atoms with Crippen molar-refractivity contribution in [2.45, 2.75) is 30.7 Å². The topological polar surface area (TPSA) is 119 Å². The van der Waals surface area contributed by atoms with Crippen LogP contribution in [0.2, 0.25) is 0 Å². The molecule has 0 aliphatic carbocycles. The highest BCUT2D eigenvalue weighted by molar-refractivity contribution is 7.89. The van der Waals surface area contributed by atoms with Crippen LogP contribution >= 0.6 is 0 Å². The summed E-state index contributed by atoms with van der Waals surface area (Å²) in [5.74, 6) is -0.0378. The van der Waals surface area contributed by atoms with Crippen molar-refractivity contribution in [2.75, 3.05) is 23.7 Å². The third-order valence-corrected chi connectivity index (χ3v) is 4.48. The van der Waals surface area contributed by atoms with Gasteiger partial charge in [0, 0.05) is 26.1 Å². The maximum absolute atomic E-state index is 11.4. The summed E-state index contributed by atoms with van der Waals surface area (Å²) in [4.78, 5) is 13.1. The lowest BCUT2D eigenvalue weighted by atomic mass is 10.0. The van der Waals surface area contributed by atoms with Crippen molar-refractivity contribution in [3.8, 4) is 0 Å². The molecule has 1 heterocycles. The number of amides is 1. The fraction of sp³-hybridized carbons (Fsp3) is 0.462. The standard InChI is InChI=1S/C13H20N4O3S/c1-9(18)16-10-4-6-17(7-5-10)13-8-11(21(15,19)20)2-3-12(13)14/h2-3,8,10H,4-7,14H2,1H3,(H,16,18)(H2,15,19,20). The molecule has 0 bridgehead atoms. The van der Waals surface area contributed by atoms with Crippen molar-refractivity contribution in [1.29, 1.82) is 0 Å². The number of carbonyl (C=O) groups excluding carboxylic acids is 1. The summed E-state index contributed by atoms with van der Waals surface area (Å²) in [6.07, 6.45) is 1.58. The average molecular weight is 312 g/mol. The van der Waals surface area contributed by atoms with Crippen LogP contribution in [0.4, 0.5) is 11.4 Å². The van der Waals surface area contributed by atoms with Crippen molar-refractivity contribution < 1.29 is 13.2 Å². The number of anilines is 2. The van der Waals surface area contributed by atoms with Gasteiger partial charge in [0.15, 0.2) is 0 Å². The van der Waals surface area contributed by atoms with Crippen LogP contribution in [0.1, 0.15) is 19.8 Å². The molecule has 7 nitrogen and oxygen atoms in total. The van der Waals surface area contributed by atoms with Gasteiger partial charge in [-0.15, -0.1) is 0 Å². The minimum Gasteiger partial charge on any atom is -0.397 e. The van der Waals surface area contributed by atoms with E-state index in [-0.39, 0.29) is 16.8 Å². The molecule has 116 valence electrons. The Hall–Kier alpha value is -1.80. The first-order valence-corrected chi connectivity index (χ1v) is 8.26. The third kappa shape index (κ3) is 3.85. The molecule has 1 aliphatic rings. The van der Waals surface area contributed by atoms with E-state index in [1.54, 1.807) is 6.07 Å². The molecule has 5 N–H and O–H groups in total. The molecule has 1 amide bonds. The summed E-state index contributed by atoms with van der Waals surface area (Å²) in [6, 6.07) is 4.61. The highest BCUT2D eigenvalue weighted by Crippen LogP contribution is 2.28. The van der Waals surface area contributed by atoms with Gasteiger partial charge in [0.2, 0.25) is 15.9 Å². The molecule has 1 aromatic carbocycles. The number of carbonyl (C=O) groups is 1. The van der Waals surface area contributed by atoms with Crippen LogP contribution in [-0.4, -0.2) is 33.5 Å². The fourth-order valence-electron chi connectivity index (χ4n) is 2.53. The molecule has 0 radical (unpaired) electrons. The second-order valence-electron chi connectivity index (χ2n) is 5.23. The van der Waals surface area contributed by atoms with Gasteiger partial charge in [-0.1, -0.05) is 0 Å². The Labute approximate surface area is 124 Å². The van der Waals surface area contributed by atoms with E-state index in [9.17, 15) is 13.2 Å². The Morgan fingerprint density at radius 3 is 2.48 bits per heavy atom. The van der Waals surface area contributed by atoms with E-state index < -0.39 is 10.0 Å². The van der Waals surface area contributed by atoms with E-state index in [0.29, 0.717) is 24.5 Å². The predicted octanol–water partition coefficient (Wildman–Crippen LogP) is 0.0211. The van der Waals surface area contributed by atoms with Crippen molar-refractivity contribution in [2.24, 2.45) is 5.14 Å². The van der Waals surface area contributed by atoms with Crippen LogP contribution < -0.4 is 21.1 Å². The number of rotatable bonds is 3. The highest BCUT2D eigenvalue weighted by atomic mass is 32.2. The number of sulfonamides is 1. The normalized spacial score (nSPS) is 16.8. The summed E-state index contributed by atoms with van der Waals surface area (Å²) in [5, 5.41) is 8.04. The van der Waals surface area contributed by atoms with Gasteiger partial charge in [-0.05, 0) is 31.0 Å². The molecule has 1 aromatic rings. The third-order valence-electron chi connectivity index (χ3n) is 3.57. The summed E-state index contributed by atoms with van der Waals surface area (Å²) in [7, 11) is -3.75. The Balaban J connectivity index is 2.15. The summed E-state index contributed by atoms with van der Waals surface area (Å²) < 4.78 is 22.8. The molecule has 2 rings (SSSR count). The molecular weight excluding hydrogens is 292 g/mol. The number of nitrogens with one attached hydrogen (secondary N) is 1. The van der Waals surface area contributed by atoms with Crippen LogP contribution in [0.25, 0.3) is 0 Å². The average Bonchev–Trinajstić information content (AvgIpc) is 2.38. The van der Waals surface area contributed by atoms with Crippen molar-refractivity contribution >= 4 is 27.3 Å². The molecule has 8 heteroatoms. The van der Waals surface area contributed by atoms with E-state index in [2.05, 4.69) is 5.32 Å². The lowest BCUT2D eigenvalue weighted by Gasteiger charge is -2.34. The number of hydrogen-bond donors (Lipinski definition) is 3. The summed E-state index contributed by atoms with van der Waals surface area (Å²) in [6.45, 7) is 2.90. The zero-order chi connectivity index (χ0) is 15.6. The second kappa shape index (κ2) is 5.90. The molecule has 0 saturated carbocycles. The highest BCUT2D eigenvalue weighted by Gasteiger charge is 2.22. The number of hydrogen-bond acceptors (Lipinski definition) is 5. The van der Waals surface area contributed by atoms with Gasteiger partial charge in [0.05, 0.1) is 16.3 Å². The van der Waals surface area contributed by atoms with Gasteiger partial charge in [-0.25, -0.2) is 13.6 Å². The number of primary sulfonamides is 1. The van der Waals surface area contributed by atoms with Gasteiger partial charge in [-0.2, -0.15) is 0 Å². The minimum absolute atomic E-state index is 0.0378. The maximum Gasteiger partial charge on any atom is 0.238 e. The van der Waals surface area contributed by atoms with E-state index in [1.165, 1.54) is 19.1 Å². The minimum atomic E-state index is -3.75. The molecule has 21 heavy (non-hydrogen) atoms. The van der Waals surface area contributed by atoms with Crippen molar-refractivity contribution in [1.82, 2.24) is 5.32 Å². The van der Waals surface area contributed by atoms with Gasteiger partial charge >= 0.3 is 0 Å². The molecular formula is C13H20N4O3S. The molecule has 0 aromatic heterocycles. The van der Waals surface area contributed by atoms with Crippen molar-refractivity contribution in [3.63, 3.8) is 0 Å². The largest absolute Gasteiger partial charge is 0.397 e. The van der Waals surface area contributed by atoms with E-state index in [1.807, 2.05) is 4.90 Å². The summed E-state index contributed by atoms with van der Waals surface area (Å²) >= 11 is 0. The molecule has 1 aliphatic heterocycles. The van der Waals surface area contributed by atoms with Gasteiger partial charge in [-0.3, -0.25) is 4.79 Å². The first-order valence-electron chi connectivity index (χ1n) is 6.72. The Morgan fingerprint density at radius 1 is 1.33 bits per heavy atom. The van der Waals surface area contributed by atoms with Gasteiger partial charge < -0.3 is 16.0 Å². The van der Waals surface area contributed by atoms with Crippen LogP contribution in [0.5, 0.6) is 0 Å². The fourth-order valence-corrected chi connectivity index (χ4v) is 3.06. The second-order valence-corrected chi connectivity index (χ2v) is 6.79. The molecule has 1 fully saturated rings. The lowest BCUT2D eigenvalue weighted by molar-refractivity contribution is -0.119. The summed E-state index contributed by atoms with van der Waals surface area (Å²) in [5.41, 5.74) is 7.12. The number of nitrogen functional groups attached to an aromatic ring is 1. The lowest BCUT2D eigenvalue weighted by Crippen LogP contribution is -2.44. The first kappa shape index (κ1) is 15.6. The van der Waals surface area contributed by atoms with Crippen LogP contribution in [-0.2, 0) is 14.8 Å². The zero-order valence-electron chi connectivity index (χ0n) is 11.9. The van der Waals surface area contributed by atoms with Gasteiger partial charge in [0.1, 0.15) is 0 Å². The number of piperidine rings is 1. The van der Waals surface area contributed by atoms with E-state index in [4.69, 9.17) is 10.9 Å². The molecule has 0 atom stereocenters. The molecule has 1 saturated heterocycles. The molecule has 0 unspecified atom stereocenters.